The van der Waals surface area contributed by atoms with Crippen LogP contribution >= 0.6 is 0 Å². The second-order valence-corrected chi connectivity index (χ2v) is 5.25. The lowest BCUT2D eigenvalue weighted by Gasteiger charge is -2.07. The topological polar surface area (TPSA) is 26.3 Å². The minimum absolute atomic E-state index is 0.0235. The highest BCUT2D eigenvalue weighted by Gasteiger charge is 2.03. The third-order valence-electron chi connectivity index (χ3n) is 3.43. The largest absolute Gasteiger partial charge is 0.466 e. The number of hydrogen-bond acceptors (Lipinski definition) is 2. The van der Waals surface area contributed by atoms with E-state index in [2.05, 4.69) is 25.2 Å². The minimum Gasteiger partial charge on any atom is -0.466 e. The summed E-state index contributed by atoms with van der Waals surface area (Å²) in [5.74, 6) is -0.0235. The number of carbonyl (C=O) groups excluding carboxylic acids is 1. The van der Waals surface area contributed by atoms with Gasteiger partial charge in [0.2, 0.25) is 0 Å². The molecule has 0 saturated heterocycles. The van der Waals surface area contributed by atoms with Gasteiger partial charge in [-0.05, 0) is 38.5 Å². The quantitative estimate of drug-likeness (QED) is 0.412. The number of ether oxygens (including phenoxy) is 1. The van der Waals surface area contributed by atoms with E-state index in [1.807, 2.05) is 0 Å². The summed E-state index contributed by atoms with van der Waals surface area (Å²) in [6.45, 7) is 2.79. The van der Waals surface area contributed by atoms with Gasteiger partial charge in [-0.25, -0.2) is 0 Å². The standard InChI is InChI=1S/C17H28O2/c1-2-3-4-10-15-19-17(18)14-9-8-13-16-11-6-5-7-12-16/h6,11-12H,2-5,7-10,13-15H2,1H3. The van der Waals surface area contributed by atoms with Gasteiger partial charge in [-0.2, -0.15) is 0 Å². The van der Waals surface area contributed by atoms with E-state index in [-0.39, 0.29) is 5.97 Å². The van der Waals surface area contributed by atoms with Crippen molar-refractivity contribution >= 4 is 5.97 Å². The maximum absolute atomic E-state index is 11.5. The predicted molar refractivity (Wildman–Crippen MR) is 80.0 cm³/mol. The summed E-state index contributed by atoms with van der Waals surface area (Å²) < 4.78 is 5.21. The van der Waals surface area contributed by atoms with Crippen molar-refractivity contribution in [3.05, 3.63) is 23.8 Å². The Labute approximate surface area is 117 Å². The van der Waals surface area contributed by atoms with Crippen molar-refractivity contribution in [3.63, 3.8) is 0 Å². The van der Waals surface area contributed by atoms with Crippen LogP contribution in [0, 0.1) is 0 Å². The molecular weight excluding hydrogens is 236 g/mol. The normalized spacial score (nSPS) is 14.3. The van der Waals surface area contributed by atoms with E-state index in [1.165, 1.54) is 37.7 Å². The van der Waals surface area contributed by atoms with Crippen molar-refractivity contribution in [2.24, 2.45) is 0 Å². The summed E-state index contributed by atoms with van der Waals surface area (Å²) in [5, 5.41) is 0. The van der Waals surface area contributed by atoms with Crippen molar-refractivity contribution in [1.82, 2.24) is 0 Å². The van der Waals surface area contributed by atoms with Crippen molar-refractivity contribution in [1.29, 1.82) is 0 Å². The molecule has 0 unspecified atom stereocenters. The molecule has 0 spiro atoms. The molecule has 2 heteroatoms. The first-order valence-electron chi connectivity index (χ1n) is 7.84. The van der Waals surface area contributed by atoms with Gasteiger partial charge in [0, 0.05) is 6.42 Å². The Morgan fingerprint density at radius 3 is 2.79 bits per heavy atom. The number of carbonyl (C=O) groups is 1. The number of allylic oxidation sites excluding steroid dienone is 4. The number of hydrogen-bond donors (Lipinski definition) is 0. The van der Waals surface area contributed by atoms with Gasteiger partial charge in [-0.1, -0.05) is 50.0 Å². The van der Waals surface area contributed by atoms with Crippen LogP contribution in [0.25, 0.3) is 0 Å². The smallest absolute Gasteiger partial charge is 0.305 e. The molecule has 0 amide bonds. The Morgan fingerprint density at radius 1 is 1.16 bits per heavy atom. The van der Waals surface area contributed by atoms with Crippen LogP contribution in [0.2, 0.25) is 0 Å². The third-order valence-corrected chi connectivity index (χ3v) is 3.43. The first-order chi connectivity index (χ1) is 9.33. The SMILES string of the molecule is CCCCCCOC(=O)CCCCC1=CCCC=C1. The molecule has 1 aliphatic carbocycles. The second kappa shape index (κ2) is 10.8. The zero-order valence-corrected chi connectivity index (χ0v) is 12.3. The van der Waals surface area contributed by atoms with Crippen LogP contribution in [-0.2, 0) is 9.53 Å². The van der Waals surface area contributed by atoms with Gasteiger partial charge in [-0.3, -0.25) is 4.79 Å². The first-order valence-corrected chi connectivity index (χ1v) is 7.84. The molecule has 1 rings (SSSR count). The first kappa shape index (κ1) is 16.0. The second-order valence-electron chi connectivity index (χ2n) is 5.25. The summed E-state index contributed by atoms with van der Waals surface area (Å²) in [5.41, 5.74) is 1.43. The molecule has 0 fully saturated rings. The number of esters is 1. The van der Waals surface area contributed by atoms with Gasteiger partial charge >= 0.3 is 5.97 Å². The van der Waals surface area contributed by atoms with Gasteiger partial charge < -0.3 is 4.74 Å². The average molecular weight is 264 g/mol. The Hall–Kier alpha value is -1.05. The predicted octanol–water partition coefficient (Wildman–Crippen LogP) is 4.95. The Bertz CT molecular complexity index is 302. The van der Waals surface area contributed by atoms with Crippen LogP contribution in [0.5, 0.6) is 0 Å². The molecule has 0 radical (unpaired) electrons. The molecule has 0 heterocycles. The van der Waals surface area contributed by atoms with Crippen molar-refractivity contribution in [2.45, 2.75) is 71.1 Å². The molecule has 0 aromatic carbocycles. The molecule has 1 aliphatic rings. The lowest BCUT2D eigenvalue weighted by atomic mass is 10.0. The van der Waals surface area contributed by atoms with Gasteiger partial charge in [0.15, 0.2) is 0 Å². The van der Waals surface area contributed by atoms with Gasteiger partial charge in [0.05, 0.1) is 6.61 Å². The van der Waals surface area contributed by atoms with Crippen molar-refractivity contribution < 1.29 is 9.53 Å². The molecule has 0 N–H and O–H groups in total. The van der Waals surface area contributed by atoms with E-state index in [9.17, 15) is 4.79 Å². The van der Waals surface area contributed by atoms with Crippen LogP contribution in [0.3, 0.4) is 0 Å². The Kier molecular flexibility index (Phi) is 9.13. The molecule has 0 saturated carbocycles. The van der Waals surface area contributed by atoms with Crippen LogP contribution in [0.15, 0.2) is 23.8 Å². The maximum Gasteiger partial charge on any atom is 0.305 e. The number of unbranched alkanes of at least 4 members (excludes halogenated alkanes) is 4. The minimum atomic E-state index is -0.0235. The van der Waals surface area contributed by atoms with Crippen molar-refractivity contribution in [3.8, 4) is 0 Å². The number of rotatable bonds is 10. The van der Waals surface area contributed by atoms with E-state index < -0.39 is 0 Å². The lowest BCUT2D eigenvalue weighted by molar-refractivity contribution is -0.143. The van der Waals surface area contributed by atoms with Gasteiger partial charge in [-0.15, -0.1) is 0 Å². The average Bonchev–Trinajstić information content (AvgIpc) is 2.44. The van der Waals surface area contributed by atoms with E-state index >= 15 is 0 Å². The highest BCUT2D eigenvalue weighted by molar-refractivity contribution is 5.69. The highest BCUT2D eigenvalue weighted by atomic mass is 16.5. The van der Waals surface area contributed by atoms with Gasteiger partial charge in [0.1, 0.15) is 0 Å². The van der Waals surface area contributed by atoms with Crippen LogP contribution in [0.1, 0.15) is 71.1 Å². The van der Waals surface area contributed by atoms with Gasteiger partial charge in [0.25, 0.3) is 0 Å². The molecular formula is C17H28O2. The molecule has 0 atom stereocenters. The van der Waals surface area contributed by atoms with E-state index in [4.69, 9.17) is 4.74 Å². The summed E-state index contributed by atoms with van der Waals surface area (Å²) in [6.07, 6.45) is 17.5. The molecule has 0 aromatic rings. The zero-order valence-electron chi connectivity index (χ0n) is 12.3. The molecule has 0 aromatic heterocycles. The third kappa shape index (κ3) is 8.63. The molecule has 0 aliphatic heterocycles. The van der Waals surface area contributed by atoms with E-state index in [1.54, 1.807) is 0 Å². The molecule has 0 bridgehead atoms. The molecule has 2 nitrogen and oxygen atoms in total. The highest BCUT2D eigenvalue weighted by Crippen LogP contribution is 2.16. The lowest BCUT2D eigenvalue weighted by Crippen LogP contribution is -2.05. The summed E-state index contributed by atoms with van der Waals surface area (Å²) in [4.78, 5) is 11.5. The zero-order chi connectivity index (χ0) is 13.8. The monoisotopic (exact) mass is 264 g/mol. The summed E-state index contributed by atoms with van der Waals surface area (Å²) in [6, 6.07) is 0. The maximum atomic E-state index is 11.5. The Balaban J connectivity index is 1.92. The van der Waals surface area contributed by atoms with Crippen LogP contribution in [-0.4, -0.2) is 12.6 Å². The molecule has 19 heavy (non-hydrogen) atoms. The van der Waals surface area contributed by atoms with Crippen molar-refractivity contribution in [2.75, 3.05) is 6.61 Å². The summed E-state index contributed by atoms with van der Waals surface area (Å²) >= 11 is 0. The Morgan fingerprint density at radius 2 is 2.05 bits per heavy atom. The summed E-state index contributed by atoms with van der Waals surface area (Å²) in [7, 11) is 0. The fourth-order valence-electron chi connectivity index (χ4n) is 2.24. The van der Waals surface area contributed by atoms with E-state index in [0.717, 1.165) is 25.7 Å². The van der Waals surface area contributed by atoms with Crippen LogP contribution in [0.4, 0.5) is 0 Å². The fourth-order valence-corrected chi connectivity index (χ4v) is 2.24. The van der Waals surface area contributed by atoms with E-state index in [0.29, 0.717) is 13.0 Å². The van der Waals surface area contributed by atoms with Crippen LogP contribution < -0.4 is 0 Å². The fraction of sp³-hybridized carbons (Fsp3) is 0.706. The molecule has 108 valence electrons.